The lowest BCUT2D eigenvalue weighted by molar-refractivity contribution is -0.120. The first-order valence-electron chi connectivity index (χ1n) is 7.17. The molecule has 0 unspecified atom stereocenters. The second-order valence-electron chi connectivity index (χ2n) is 5.41. The molecule has 0 aromatic heterocycles. The van der Waals surface area contributed by atoms with Gasteiger partial charge in [-0.1, -0.05) is 41.9 Å². The minimum atomic E-state index is -0.515. The van der Waals surface area contributed by atoms with Crippen LogP contribution < -0.4 is 10.2 Å². The number of nitrogens with one attached hydrogen (secondary N) is 1. The van der Waals surface area contributed by atoms with Gasteiger partial charge in [0.2, 0.25) is 0 Å². The van der Waals surface area contributed by atoms with Crippen LogP contribution in [0.4, 0.5) is 11.4 Å². The highest BCUT2D eigenvalue weighted by atomic mass is 35.5. The van der Waals surface area contributed by atoms with E-state index in [0.717, 1.165) is 21.7 Å². The van der Waals surface area contributed by atoms with Gasteiger partial charge >= 0.3 is 0 Å². The van der Waals surface area contributed by atoms with Crippen molar-refractivity contribution in [2.24, 2.45) is 0 Å². The number of halogens is 1. The van der Waals surface area contributed by atoms with Crippen LogP contribution in [0.3, 0.4) is 0 Å². The number of carbonyl (C=O) groups is 2. The van der Waals surface area contributed by atoms with Crippen LogP contribution in [0.15, 0.2) is 59.3 Å². The Balaban J connectivity index is 1.95. The number of hydrogen-bond acceptors (Lipinski definition) is 3. The number of para-hydroxylation sites is 1. The number of hydrogen-bond donors (Lipinski definition) is 1. The minimum Gasteiger partial charge on any atom is -0.349 e. The van der Waals surface area contributed by atoms with Crippen molar-refractivity contribution in [1.82, 2.24) is 0 Å². The van der Waals surface area contributed by atoms with E-state index in [-0.39, 0.29) is 10.7 Å². The maximum Gasteiger partial charge on any atom is 0.283 e. The van der Waals surface area contributed by atoms with Gasteiger partial charge in [0.05, 0.1) is 5.69 Å². The third-order valence-corrected chi connectivity index (χ3v) is 4.04. The van der Waals surface area contributed by atoms with Crippen molar-refractivity contribution in [2.45, 2.75) is 13.8 Å². The van der Waals surface area contributed by atoms with E-state index in [0.29, 0.717) is 5.69 Å². The van der Waals surface area contributed by atoms with Gasteiger partial charge in [-0.2, -0.15) is 0 Å². The average molecular weight is 327 g/mol. The summed E-state index contributed by atoms with van der Waals surface area (Å²) in [5.41, 5.74) is 3.28. The number of amides is 2. The molecule has 5 heteroatoms. The third-order valence-electron chi connectivity index (χ3n) is 3.69. The van der Waals surface area contributed by atoms with E-state index in [2.05, 4.69) is 5.32 Å². The maximum absolute atomic E-state index is 12.7. The van der Waals surface area contributed by atoms with Gasteiger partial charge in [-0.05, 0) is 43.2 Å². The number of imide groups is 1. The van der Waals surface area contributed by atoms with Crippen molar-refractivity contribution in [3.8, 4) is 0 Å². The first kappa shape index (κ1) is 15.3. The number of aryl methyl sites for hydroxylation is 2. The predicted octanol–water partition coefficient (Wildman–Crippen LogP) is 3.74. The van der Waals surface area contributed by atoms with Crippen LogP contribution >= 0.6 is 11.6 Å². The van der Waals surface area contributed by atoms with E-state index in [9.17, 15) is 9.59 Å². The smallest absolute Gasteiger partial charge is 0.283 e. The normalized spacial score (nSPS) is 14.7. The fourth-order valence-corrected chi connectivity index (χ4v) is 2.67. The van der Waals surface area contributed by atoms with E-state index < -0.39 is 11.8 Å². The van der Waals surface area contributed by atoms with Crippen LogP contribution in [-0.4, -0.2) is 11.8 Å². The molecule has 116 valence electrons. The lowest BCUT2D eigenvalue weighted by Crippen LogP contribution is -2.32. The Morgan fingerprint density at radius 3 is 2.39 bits per heavy atom. The first-order chi connectivity index (χ1) is 11.0. The standard InChI is InChI=1S/C18H15ClN2O2/c1-11-6-5-8-13(10-11)21-17(22)15(19)16(18(21)23)20-14-9-4-3-7-12(14)2/h3-10,20H,1-2H3. The van der Waals surface area contributed by atoms with E-state index in [4.69, 9.17) is 11.6 Å². The summed E-state index contributed by atoms with van der Waals surface area (Å²) in [7, 11) is 0. The average Bonchev–Trinajstić information content (AvgIpc) is 2.73. The van der Waals surface area contributed by atoms with Gasteiger partial charge in [0.15, 0.2) is 0 Å². The molecule has 3 rings (SSSR count). The number of benzene rings is 2. The molecule has 0 bridgehead atoms. The highest BCUT2D eigenvalue weighted by Crippen LogP contribution is 2.31. The summed E-state index contributed by atoms with van der Waals surface area (Å²) >= 11 is 6.12. The molecule has 0 atom stereocenters. The van der Waals surface area contributed by atoms with E-state index in [1.165, 1.54) is 0 Å². The van der Waals surface area contributed by atoms with Crippen LogP contribution in [0.2, 0.25) is 0 Å². The highest BCUT2D eigenvalue weighted by Gasteiger charge is 2.39. The van der Waals surface area contributed by atoms with Gasteiger partial charge in [-0.15, -0.1) is 0 Å². The lowest BCUT2D eigenvalue weighted by atomic mass is 10.2. The lowest BCUT2D eigenvalue weighted by Gasteiger charge is -2.16. The molecule has 0 saturated heterocycles. The minimum absolute atomic E-state index is 0.0974. The SMILES string of the molecule is Cc1cccc(N2C(=O)C(Cl)=C(Nc3ccccc3C)C2=O)c1. The fraction of sp³-hybridized carbons (Fsp3) is 0.111. The summed E-state index contributed by atoms with van der Waals surface area (Å²) in [6.45, 7) is 3.81. The Kier molecular flexibility index (Phi) is 3.92. The monoisotopic (exact) mass is 326 g/mol. The second-order valence-corrected chi connectivity index (χ2v) is 5.79. The molecule has 1 heterocycles. The van der Waals surface area contributed by atoms with Gasteiger partial charge in [0.25, 0.3) is 11.8 Å². The maximum atomic E-state index is 12.7. The molecule has 4 nitrogen and oxygen atoms in total. The zero-order valence-corrected chi connectivity index (χ0v) is 13.5. The molecule has 0 spiro atoms. The van der Waals surface area contributed by atoms with Crippen LogP contribution in [0.25, 0.3) is 0 Å². The van der Waals surface area contributed by atoms with E-state index >= 15 is 0 Å². The Bertz CT molecular complexity index is 842. The van der Waals surface area contributed by atoms with Crippen molar-refractivity contribution in [3.63, 3.8) is 0 Å². The summed E-state index contributed by atoms with van der Waals surface area (Å²) in [4.78, 5) is 26.1. The number of carbonyl (C=O) groups excluding carboxylic acids is 2. The highest BCUT2D eigenvalue weighted by molar-refractivity contribution is 6.53. The quantitative estimate of drug-likeness (QED) is 0.874. The molecule has 2 aromatic carbocycles. The van der Waals surface area contributed by atoms with Gasteiger partial charge in [0.1, 0.15) is 10.7 Å². The number of rotatable bonds is 3. The fourth-order valence-electron chi connectivity index (χ4n) is 2.46. The molecule has 0 saturated carbocycles. The molecule has 1 aliphatic heterocycles. The zero-order chi connectivity index (χ0) is 16.6. The summed E-state index contributed by atoms with van der Waals surface area (Å²) in [5, 5.41) is 2.89. The molecule has 2 aromatic rings. The molecular weight excluding hydrogens is 312 g/mol. The van der Waals surface area contributed by atoms with Crippen molar-refractivity contribution >= 4 is 34.8 Å². The van der Waals surface area contributed by atoms with Crippen LogP contribution in [0.1, 0.15) is 11.1 Å². The summed E-state index contributed by atoms with van der Waals surface area (Å²) in [5.74, 6) is -0.966. The van der Waals surface area contributed by atoms with Gasteiger partial charge in [-0.3, -0.25) is 9.59 Å². The first-order valence-corrected chi connectivity index (χ1v) is 7.54. The molecular formula is C18H15ClN2O2. The zero-order valence-electron chi connectivity index (χ0n) is 12.8. The Hall–Kier alpha value is -2.59. The van der Waals surface area contributed by atoms with Crippen LogP contribution in [0.5, 0.6) is 0 Å². The van der Waals surface area contributed by atoms with Crippen molar-refractivity contribution in [3.05, 3.63) is 70.4 Å². The molecule has 0 aliphatic carbocycles. The van der Waals surface area contributed by atoms with Gasteiger partial charge in [0, 0.05) is 5.69 Å². The summed E-state index contributed by atoms with van der Waals surface area (Å²) in [6, 6.07) is 14.7. The molecule has 23 heavy (non-hydrogen) atoms. The second kappa shape index (κ2) is 5.89. The summed E-state index contributed by atoms with van der Waals surface area (Å²) < 4.78 is 0. The van der Waals surface area contributed by atoms with E-state index in [1.807, 2.05) is 44.2 Å². The molecule has 0 radical (unpaired) electrons. The van der Waals surface area contributed by atoms with Gasteiger partial charge < -0.3 is 5.32 Å². The van der Waals surface area contributed by atoms with Gasteiger partial charge in [-0.25, -0.2) is 4.90 Å². The van der Waals surface area contributed by atoms with Crippen LogP contribution in [0, 0.1) is 13.8 Å². The topological polar surface area (TPSA) is 49.4 Å². The van der Waals surface area contributed by atoms with Crippen LogP contribution in [-0.2, 0) is 9.59 Å². The molecule has 0 fully saturated rings. The number of anilines is 2. The molecule has 2 amide bonds. The number of nitrogens with zero attached hydrogens (tertiary/aromatic N) is 1. The van der Waals surface area contributed by atoms with Crippen molar-refractivity contribution < 1.29 is 9.59 Å². The largest absolute Gasteiger partial charge is 0.349 e. The molecule has 1 N–H and O–H groups in total. The predicted molar refractivity (Wildman–Crippen MR) is 91.4 cm³/mol. The summed E-state index contributed by atoms with van der Waals surface area (Å²) in [6.07, 6.45) is 0. The third kappa shape index (κ3) is 2.73. The van der Waals surface area contributed by atoms with E-state index in [1.54, 1.807) is 18.2 Å². The Morgan fingerprint density at radius 2 is 1.70 bits per heavy atom. The molecule has 1 aliphatic rings. The Morgan fingerprint density at radius 1 is 0.957 bits per heavy atom. The Labute approximate surface area is 139 Å². The van der Waals surface area contributed by atoms with Crippen molar-refractivity contribution in [2.75, 3.05) is 10.2 Å². The van der Waals surface area contributed by atoms with Crippen molar-refractivity contribution in [1.29, 1.82) is 0 Å².